The van der Waals surface area contributed by atoms with Crippen molar-refractivity contribution >= 4 is 21.4 Å². The normalized spacial score (nSPS) is 20.7. The number of para-hydroxylation sites is 1. The first-order valence-electron chi connectivity index (χ1n) is 9.36. The monoisotopic (exact) mass is 443 g/mol. The summed E-state index contributed by atoms with van der Waals surface area (Å²) in [6.45, 7) is 3.34. The van der Waals surface area contributed by atoms with Crippen molar-refractivity contribution in [2.45, 2.75) is 36.6 Å². The first kappa shape index (κ1) is 22.4. The third kappa shape index (κ3) is 3.99. The summed E-state index contributed by atoms with van der Waals surface area (Å²) in [5.74, 6) is 0. The standard InChI is InChI=1S/C20H24F3N3O3S/c1-14-13-25(30(28,29)18-6-4-3-5-17(18)24)11-12-26(14)16-9-7-15(8-10-16)19(2,27)20(21,22)23/h3-10,14,27H,11-13,24H2,1-2H3/t14-,19?/m0/s1. The number of rotatable bonds is 4. The van der Waals surface area contributed by atoms with Crippen molar-refractivity contribution in [3.63, 3.8) is 0 Å². The highest BCUT2D eigenvalue weighted by atomic mass is 32.2. The third-order valence-corrected chi connectivity index (χ3v) is 7.38. The fourth-order valence-electron chi connectivity index (χ4n) is 3.52. The molecule has 2 aromatic carbocycles. The second-order valence-corrected chi connectivity index (χ2v) is 9.47. The molecule has 0 bridgehead atoms. The second-order valence-electron chi connectivity index (χ2n) is 7.56. The quantitative estimate of drug-likeness (QED) is 0.710. The summed E-state index contributed by atoms with van der Waals surface area (Å²) in [6.07, 6.45) is -4.79. The largest absolute Gasteiger partial charge is 0.421 e. The van der Waals surface area contributed by atoms with Crippen LogP contribution in [-0.2, 0) is 15.6 Å². The second kappa shape index (κ2) is 7.75. The summed E-state index contributed by atoms with van der Waals surface area (Å²) in [5.41, 5.74) is 3.46. The summed E-state index contributed by atoms with van der Waals surface area (Å²) in [7, 11) is -3.75. The molecular weight excluding hydrogens is 419 g/mol. The Morgan fingerprint density at radius 3 is 2.20 bits per heavy atom. The van der Waals surface area contributed by atoms with Gasteiger partial charge in [0, 0.05) is 31.4 Å². The minimum Gasteiger partial charge on any atom is -0.398 e. The van der Waals surface area contributed by atoms with E-state index in [-0.39, 0.29) is 35.3 Å². The van der Waals surface area contributed by atoms with Crippen molar-refractivity contribution < 1.29 is 26.7 Å². The number of nitrogen functional groups attached to an aromatic ring is 1. The molecule has 0 aliphatic carbocycles. The number of alkyl halides is 3. The highest BCUT2D eigenvalue weighted by Crippen LogP contribution is 2.39. The molecule has 1 unspecified atom stereocenters. The predicted molar refractivity (Wildman–Crippen MR) is 108 cm³/mol. The van der Waals surface area contributed by atoms with E-state index in [2.05, 4.69) is 0 Å². The van der Waals surface area contributed by atoms with E-state index in [1.807, 2.05) is 11.8 Å². The molecule has 1 saturated heterocycles. The number of piperazine rings is 1. The van der Waals surface area contributed by atoms with Gasteiger partial charge in [0.15, 0.2) is 5.60 Å². The van der Waals surface area contributed by atoms with E-state index in [4.69, 9.17) is 5.73 Å². The highest BCUT2D eigenvalue weighted by Gasteiger charge is 2.51. The zero-order valence-electron chi connectivity index (χ0n) is 16.6. The maximum Gasteiger partial charge on any atom is 0.421 e. The van der Waals surface area contributed by atoms with Crippen LogP contribution in [0.3, 0.4) is 0 Å². The molecule has 0 spiro atoms. The fraction of sp³-hybridized carbons (Fsp3) is 0.400. The van der Waals surface area contributed by atoms with Gasteiger partial charge < -0.3 is 15.7 Å². The van der Waals surface area contributed by atoms with Crippen LogP contribution in [0.1, 0.15) is 19.4 Å². The van der Waals surface area contributed by atoms with Gasteiger partial charge in [0.05, 0.1) is 5.69 Å². The van der Waals surface area contributed by atoms with Gasteiger partial charge in [-0.3, -0.25) is 0 Å². The smallest absolute Gasteiger partial charge is 0.398 e. The SMILES string of the molecule is C[C@H]1CN(S(=O)(=O)c2ccccc2N)CCN1c1ccc(C(C)(O)C(F)(F)F)cc1. The maximum atomic E-state index is 13.0. The molecule has 3 rings (SSSR count). The molecule has 0 saturated carbocycles. The lowest BCUT2D eigenvalue weighted by Gasteiger charge is -2.40. The number of aliphatic hydroxyl groups is 1. The van der Waals surface area contributed by atoms with Crippen molar-refractivity contribution in [3.05, 3.63) is 54.1 Å². The van der Waals surface area contributed by atoms with Crippen molar-refractivity contribution in [2.24, 2.45) is 0 Å². The Labute approximate surface area is 173 Å². The van der Waals surface area contributed by atoms with E-state index in [0.717, 1.165) is 0 Å². The number of nitrogens with two attached hydrogens (primary N) is 1. The van der Waals surface area contributed by atoms with Crippen LogP contribution in [0.2, 0.25) is 0 Å². The molecular formula is C20H24F3N3O3S. The number of benzene rings is 2. The van der Waals surface area contributed by atoms with Crippen LogP contribution in [0.25, 0.3) is 0 Å². The van der Waals surface area contributed by atoms with Gasteiger partial charge in [-0.2, -0.15) is 17.5 Å². The predicted octanol–water partition coefficient (Wildman–Crippen LogP) is 2.94. The van der Waals surface area contributed by atoms with Gasteiger partial charge in [-0.25, -0.2) is 8.42 Å². The number of hydrogen-bond acceptors (Lipinski definition) is 5. The lowest BCUT2D eigenvalue weighted by Crippen LogP contribution is -2.53. The van der Waals surface area contributed by atoms with Crippen LogP contribution in [0.5, 0.6) is 0 Å². The topological polar surface area (TPSA) is 86.9 Å². The third-order valence-electron chi connectivity index (χ3n) is 5.44. The number of anilines is 2. The Bertz CT molecular complexity index is 1010. The van der Waals surface area contributed by atoms with Gasteiger partial charge in [-0.1, -0.05) is 24.3 Å². The summed E-state index contributed by atoms with van der Waals surface area (Å²) in [4.78, 5) is 1.98. The van der Waals surface area contributed by atoms with E-state index in [1.54, 1.807) is 12.1 Å². The zero-order chi connectivity index (χ0) is 22.3. The van der Waals surface area contributed by atoms with Crippen molar-refractivity contribution in [1.29, 1.82) is 0 Å². The molecule has 2 atom stereocenters. The lowest BCUT2D eigenvalue weighted by atomic mass is 9.95. The van der Waals surface area contributed by atoms with Crippen LogP contribution >= 0.6 is 0 Å². The van der Waals surface area contributed by atoms with Crippen LogP contribution in [-0.4, -0.2) is 49.7 Å². The minimum atomic E-state index is -4.79. The van der Waals surface area contributed by atoms with E-state index in [1.165, 1.54) is 40.7 Å². The van der Waals surface area contributed by atoms with Gasteiger partial charge in [0.2, 0.25) is 10.0 Å². The minimum absolute atomic E-state index is 0.0596. The average Bonchev–Trinajstić information content (AvgIpc) is 2.67. The van der Waals surface area contributed by atoms with E-state index < -0.39 is 21.8 Å². The van der Waals surface area contributed by atoms with Gasteiger partial charge in [-0.15, -0.1) is 0 Å². The van der Waals surface area contributed by atoms with Crippen LogP contribution in [0.15, 0.2) is 53.4 Å². The molecule has 2 aromatic rings. The highest BCUT2D eigenvalue weighted by molar-refractivity contribution is 7.89. The Morgan fingerprint density at radius 1 is 1.07 bits per heavy atom. The van der Waals surface area contributed by atoms with Gasteiger partial charge in [0.25, 0.3) is 0 Å². The first-order valence-corrected chi connectivity index (χ1v) is 10.8. The Morgan fingerprint density at radius 2 is 1.67 bits per heavy atom. The van der Waals surface area contributed by atoms with Gasteiger partial charge >= 0.3 is 6.18 Å². The molecule has 3 N–H and O–H groups in total. The average molecular weight is 443 g/mol. The Hall–Kier alpha value is -2.30. The molecule has 10 heteroatoms. The molecule has 1 aliphatic rings. The molecule has 30 heavy (non-hydrogen) atoms. The van der Waals surface area contributed by atoms with Crippen LogP contribution in [0.4, 0.5) is 24.5 Å². The maximum absolute atomic E-state index is 13.0. The molecule has 6 nitrogen and oxygen atoms in total. The molecule has 0 radical (unpaired) electrons. The van der Waals surface area contributed by atoms with Crippen LogP contribution < -0.4 is 10.6 Å². The number of hydrogen-bond donors (Lipinski definition) is 2. The molecule has 1 heterocycles. The molecule has 1 fully saturated rings. The molecule has 0 amide bonds. The number of halogens is 3. The van der Waals surface area contributed by atoms with Crippen LogP contribution in [0, 0.1) is 0 Å². The molecule has 164 valence electrons. The lowest BCUT2D eigenvalue weighted by molar-refractivity contribution is -0.258. The van der Waals surface area contributed by atoms with Gasteiger partial charge in [0.1, 0.15) is 4.90 Å². The summed E-state index contributed by atoms with van der Waals surface area (Å²) >= 11 is 0. The number of sulfonamides is 1. The Balaban J connectivity index is 1.77. The van der Waals surface area contributed by atoms with Crippen molar-refractivity contribution in [1.82, 2.24) is 4.31 Å². The molecule has 0 aromatic heterocycles. The van der Waals surface area contributed by atoms with E-state index in [0.29, 0.717) is 19.2 Å². The van der Waals surface area contributed by atoms with E-state index >= 15 is 0 Å². The summed E-state index contributed by atoms with van der Waals surface area (Å²) in [5, 5.41) is 9.81. The first-order chi connectivity index (χ1) is 13.9. The van der Waals surface area contributed by atoms with Crippen molar-refractivity contribution in [2.75, 3.05) is 30.3 Å². The summed E-state index contributed by atoms with van der Waals surface area (Å²) in [6, 6.07) is 11.5. The van der Waals surface area contributed by atoms with Gasteiger partial charge in [-0.05, 0) is 43.7 Å². The van der Waals surface area contributed by atoms with E-state index in [9.17, 15) is 26.7 Å². The number of nitrogens with zero attached hydrogens (tertiary/aromatic N) is 2. The zero-order valence-corrected chi connectivity index (χ0v) is 17.4. The summed E-state index contributed by atoms with van der Waals surface area (Å²) < 4.78 is 66.3. The fourth-order valence-corrected chi connectivity index (χ4v) is 5.15. The van der Waals surface area contributed by atoms with Crippen molar-refractivity contribution in [3.8, 4) is 0 Å². The molecule has 1 aliphatic heterocycles. The Kier molecular flexibility index (Phi) is 5.78.